The number of rotatable bonds is 5. The summed E-state index contributed by atoms with van der Waals surface area (Å²) in [6.45, 7) is 0.229. The number of nitrogens with zero attached hydrogens (tertiary/aromatic N) is 3. The summed E-state index contributed by atoms with van der Waals surface area (Å²) >= 11 is 3.66. The minimum Gasteiger partial charge on any atom is -0.493 e. The first-order valence-electron chi connectivity index (χ1n) is 10.3. The van der Waals surface area contributed by atoms with Crippen LogP contribution in [0.3, 0.4) is 0 Å². The van der Waals surface area contributed by atoms with Crippen LogP contribution in [0.4, 0.5) is 5.82 Å². The van der Waals surface area contributed by atoms with Crippen LogP contribution in [0.1, 0.15) is 40.8 Å². The highest BCUT2D eigenvalue weighted by Gasteiger charge is 2.24. The molecule has 7 heteroatoms. The molecule has 160 valence electrons. The van der Waals surface area contributed by atoms with Crippen LogP contribution in [0.25, 0.3) is 11.1 Å². The number of fused-ring (bicyclic) bond motifs is 1. The Morgan fingerprint density at radius 3 is 2.62 bits per heavy atom. The van der Waals surface area contributed by atoms with E-state index < -0.39 is 0 Å². The molecule has 4 rings (SSSR count). The Morgan fingerprint density at radius 1 is 1.09 bits per heavy atom. The number of nitrogen functional groups attached to an aromatic ring is 1. The molecule has 0 bridgehead atoms. The van der Waals surface area contributed by atoms with E-state index in [-0.39, 0.29) is 12.4 Å². The van der Waals surface area contributed by atoms with Crippen LogP contribution in [-0.2, 0) is 19.4 Å². The Morgan fingerprint density at radius 2 is 1.88 bits per heavy atom. The van der Waals surface area contributed by atoms with Gasteiger partial charge in [-0.05, 0) is 49.4 Å². The maximum absolute atomic E-state index is 9.83. The molecular formula is C25H21BrN4O2. The van der Waals surface area contributed by atoms with E-state index in [0.29, 0.717) is 22.6 Å². The molecule has 0 aliphatic heterocycles. The summed E-state index contributed by atoms with van der Waals surface area (Å²) in [6, 6.07) is 15.4. The first-order valence-corrected chi connectivity index (χ1v) is 11.1. The quantitative estimate of drug-likeness (QED) is 0.521. The highest BCUT2D eigenvalue weighted by atomic mass is 79.9. The van der Waals surface area contributed by atoms with Gasteiger partial charge in [0.05, 0.1) is 18.7 Å². The number of nitrogens with two attached hydrogens (primary N) is 1. The SMILES string of the molecule is COc1cc(-c2c(C#N)c(N)nc3c2CCCC3)c(Br)cc1OCc1ccccc1C#N. The number of pyridine rings is 1. The molecule has 3 aromatic rings. The molecule has 1 aliphatic rings. The van der Waals surface area contributed by atoms with Gasteiger partial charge in [0, 0.05) is 26.9 Å². The van der Waals surface area contributed by atoms with Gasteiger partial charge in [-0.15, -0.1) is 0 Å². The number of anilines is 1. The molecule has 0 amide bonds. The van der Waals surface area contributed by atoms with Crippen LogP contribution >= 0.6 is 15.9 Å². The van der Waals surface area contributed by atoms with Crippen molar-refractivity contribution in [2.45, 2.75) is 32.3 Å². The molecule has 0 saturated heterocycles. The predicted octanol–water partition coefficient (Wildman–Crippen LogP) is 5.30. The third-order valence-corrected chi connectivity index (χ3v) is 6.31. The van der Waals surface area contributed by atoms with E-state index >= 15 is 0 Å². The highest BCUT2D eigenvalue weighted by Crippen LogP contribution is 2.44. The van der Waals surface area contributed by atoms with Gasteiger partial charge >= 0.3 is 0 Å². The fourth-order valence-electron chi connectivity index (χ4n) is 4.08. The summed E-state index contributed by atoms with van der Waals surface area (Å²) in [5.41, 5.74) is 11.5. The second kappa shape index (κ2) is 9.30. The zero-order valence-electron chi connectivity index (χ0n) is 17.6. The standard InChI is InChI=1S/C25H21BrN4O2/c1-31-22-10-18(24-17-8-4-5-9-21(17)30-25(29)19(24)13-28)20(26)11-23(22)32-14-16-7-3-2-6-15(16)12-27/h2-3,6-7,10-11H,4-5,8-9,14H2,1H3,(H2,29,30). The summed E-state index contributed by atoms with van der Waals surface area (Å²) in [7, 11) is 1.57. The van der Waals surface area contributed by atoms with Gasteiger partial charge in [0.15, 0.2) is 11.5 Å². The molecule has 6 nitrogen and oxygen atoms in total. The maximum Gasteiger partial charge on any atom is 0.162 e. The van der Waals surface area contributed by atoms with Gasteiger partial charge in [0.1, 0.15) is 24.1 Å². The lowest BCUT2D eigenvalue weighted by Crippen LogP contribution is -2.12. The van der Waals surface area contributed by atoms with Crippen LogP contribution in [0.15, 0.2) is 40.9 Å². The van der Waals surface area contributed by atoms with Crippen molar-refractivity contribution >= 4 is 21.7 Å². The van der Waals surface area contributed by atoms with Gasteiger partial charge in [-0.3, -0.25) is 0 Å². The fraction of sp³-hybridized carbons (Fsp3) is 0.240. The number of aromatic nitrogens is 1. The molecule has 0 unspecified atom stereocenters. The Kier molecular flexibility index (Phi) is 6.30. The average molecular weight is 489 g/mol. The van der Waals surface area contributed by atoms with E-state index in [2.05, 4.69) is 33.1 Å². The van der Waals surface area contributed by atoms with Crippen LogP contribution in [0.5, 0.6) is 11.5 Å². The molecule has 1 aromatic heterocycles. The van der Waals surface area contributed by atoms with Gasteiger partial charge in [-0.2, -0.15) is 10.5 Å². The zero-order chi connectivity index (χ0) is 22.7. The molecule has 2 aromatic carbocycles. The minimum absolute atomic E-state index is 0.229. The van der Waals surface area contributed by atoms with Crippen LogP contribution in [-0.4, -0.2) is 12.1 Å². The zero-order valence-corrected chi connectivity index (χ0v) is 19.2. The third kappa shape index (κ3) is 4.00. The summed E-state index contributed by atoms with van der Waals surface area (Å²) < 4.78 is 12.4. The first kappa shape index (κ1) is 21.7. The van der Waals surface area contributed by atoms with Gasteiger partial charge in [-0.25, -0.2) is 4.98 Å². The number of hydrogen-bond acceptors (Lipinski definition) is 6. The van der Waals surface area contributed by atoms with Crippen molar-refractivity contribution in [1.82, 2.24) is 4.98 Å². The van der Waals surface area contributed by atoms with E-state index in [9.17, 15) is 10.5 Å². The molecule has 32 heavy (non-hydrogen) atoms. The second-order valence-electron chi connectivity index (χ2n) is 7.53. The molecule has 0 radical (unpaired) electrons. The monoisotopic (exact) mass is 488 g/mol. The number of methoxy groups -OCH3 is 1. The summed E-state index contributed by atoms with van der Waals surface area (Å²) in [5, 5.41) is 19.1. The van der Waals surface area contributed by atoms with Crippen molar-refractivity contribution in [3.8, 4) is 34.8 Å². The van der Waals surface area contributed by atoms with Gasteiger partial charge < -0.3 is 15.2 Å². The Hall–Kier alpha value is -3.55. The normalized spacial score (nSPS) is 12.4. The average Bonchev–Trinajstić information content (AvgIpc) is 2.82. The lowest BCUT2D eigenvalue weighted by Gasteiger charge is -2.22. The van der Waals surface area contributed by atoms with E-state index in [1.165, 1.54) is 0 Å². The molecule has 0 atom stereocenters. The molecule has 1 aliphatic carbocycles. The molecular weight excluding hydrogens is 468 g/mol. The fourth-order valence-corrected chi connectivity index (χ4v) is 4.60. The lowest BCUT2D eigenvalue weighted by atomic mass is 9.86. The number of nitriles is 2. The Balaban J connectivity index is 1.78. The molecule has 2 N–H and O–H groups in total. The Bertz CT molecular complexity index is 1270. The molecule has 1 heterocycles. The van der Waals surface area contributed by atoms with Crippen molar-refractivity contribution in [2.75, 3.05) is 12.8 Å². The van der Waals surface area contributed by atoms with Crippen molar-refractivity contribution < 1.29 is 9.47 Å². The van der Waals surface area contributed by atoms with E-state index in [1.807, 2.05) is 30.3 Å². The third-order valence-electron chi connectivity index (χ3n) is 5.66. The lowest BCUT2D eigenvalue weighted by molar-refractivity contribution is 0.284. The second-order valence-corrected chi connectivity index (χ2v) is 8.39. The predicted molar refractivity (Wildman–Crippen MR) is 125 cm³/mol. The number of hydrogen-bond donors (Lipinski definition) is 1. The van der Waals surface area contributed by atoms with E-state index in [0.717, 1.165) is 58.1 Å². The largest absolute Gasteiger partial charge is 0.493 e. The number of aryl methyl sites for hydroxylation is 1. The molecule has 0 fully saturated rings. The number of benzene rings is 2. The van der Waals surface area contributed by atoms with E-state index in [4.69, 9.17) is 15.2 Å². The molecule has 0 saturated carbocycles. The Labute approximate surface area is 195 Å². The molecule has 0 spiro atoms. The van der Waals surface area contributed by atoms with Crippen molar-refractivity contribution in [1.29, 1.82) is 10.5 Å². The van der Waals surface area contributed by atoms with Crippen LogP contribution < -0.4 is 15.2 Å². The summed E-state index contributed by atoms with van der Waals surface area (Å²) in [5.74, 6) is 1.31. The van der Waals surface area contributed by atoms with Gasteiger partial charge in [-0.1, -0.05) is 34.1 Å². The number of halogens is 1. The summed E-state index contributed by atoms with van der Waals surface area (Å²) in [4.78, 5) is 4.50. The van der Waals surface area contributed by atoms with Crippen molar-refractivity contribution in [3.63, 3.8) is 0 Å². The highest BCUT2D eigenvalue weighted by molar-refractivity contribution is 9.10. The topological polar surface area (TPSA) is 105 Å². The van der Waals surface area contributed by atoms with Crippen LogP contribution in [0.2, 0.25) is 0 Å². The number of ether oxygens (including phenoxy) is 2. The first-order chi connectivity index (χ1) is 15.6. The van der Waals surface area contributed by atoms with Crippen molar-refractivity contribution in [3.05, 3.63) is 68.8 Å². The minimum atomic E-state index is 0.229. The summed E-state index contributed by atoms with van der Waals surface area (Å²) in [6.07, 6.45) is 3.81. The van der Waals surface area contributed by atoms with Gasteiger partial charge in [0.2, 0.25) is 0 Å². The smallest absolute Gasteiger partial charge is 0.162 e. The maximum atomic E-state index is 9.83. The van der Waals surface area contributed by atoms with Gasteiger partial charge in [0.25, 0.3) is 0 Å². The van der Waals surface area contributed by atoms with Crippen molar-refractivity contribution in [2.24, 2.45) is 0 Å². The van der Waals surface area contributed by atoms with E-state index in [1.54, 1.807) is 13.2 Å². The van der Waals surface area contributed by atoms with Crippen LogP contribution in [0, 0.1) is 22.7 Å².